The van der Waals surface area contributed by atoms with Crippen LogP contribution in [0.15, 0.2) is 91.0 Å². The summed E-state index contributed by atoms with van der Waals surface area (Å²) in [5, 5.41) is 0. The zero-order chi connectivity index (χ0) is 25.1. The fraction of sp³-hybridized carbons (Fsp3) is 0.258. The molecule has 1 aromatic heterocycles. The van der Waals surface area contributed by atoms with Crippen LogP contribution in [0, 0.1) is 0 Å². The molecule has 2 heterocycles. The highest BCUT2D eigenvalue weighted by Crippen LogP contribution is 2.33. The largest absolute Gasteiger partial charge is 0.357 e. The van der Waals surface area contributed by atoms with Gasteiger partial charge in [-0.2, -0.15) is 0 Å². The lowest BCUT2D eigenvalue weighted by Crippen LogP contribution is -2.41. The summed E-state index contributed by atoms with van der Waals surface area (Å²) < 4.78 is 0. The third-order valence-corrected chi connectivity index (χ3v) is 7.00. The van der Waals surface area contributed by atoms with Gasteiger partial charge in [-0.05, 0) is 25.0 Å². The SMILES string of the molecule is CC(C)N(C)c1nc(-c2ccccc2)nc2c1CN(C(=O)C(c1ccccc1)c1ccccc1)CC2. The molecule has 5 heteroatoms. The Hall–Kier alpha value is -3.99. The van der Waals surface area contributed by atoms with Crippen LogP contribution in [-0.2, 0) is 17.8 Å². The van der Waals surface area contributed by atoms with Crippen molar-refractivity contribution in [3.8, 4) is 11.4 Å². The molecule has 1 aliphatic heterocycles. The highest BCUT2D eigenvalue weighted by atomic mass is 16.2. The van der Waals surface area contributed by atoms with Crippen LogP contribution in [0.25, 0.3) is 11.4 Å². The summed E-state index contributed by atoms with van der Waals surface area (Å²) in [5.74, 6) is 1.42. The van der Waals surface area contributed by atoms with E-state index in [1.54, 1.807) is 0 Å². The minimum absolute atomic E-state index is 0.114. The molecule has 182 valence electrons. The van der Waals surface area contributed by atoms with E-state index in [9.17, 15) is 4.79 Å². The normalized spacial score (nSPS) is 13.1. The van der Waals surface area contributed by atoms with Gasteiger partial charge in [0.25, 0.3) is 0 Å². The number of carbonyl (C=O) groups is 1. The van der Waals surface area contributed by atoms with Crippen molar-refractivity contribution in [2.45, 2.75) is 38.8 Å². The summed E-state index contributed by atoms with van der Waals surface area (Å²) in [6, 6.07) is 30.5. The zero-order valence-electron chi connectivity index (χ0n) is 21.1. The maximum atomic E-state index is 14.1. The molecule has 0 bridgehead atoms. The molecule has 0 spiro atoms. The minimum Gasteiger partial charge on any atom is -0.357 e. The predicted molar refractivity (Wildman–Crippen MR) is 145 cm³/mol. The number of nitrogens with zero attached hydrogens (tertiary/aromatic N) is 4. The van der Waals surface area contributed by atoms with Gasteiger partial charge in [-0.25, -0.2) is 9.97 Å². The number of aromatic nitrogens is 2. The van der Waals surface area contributed by atoms with Crippen molar-refractivity contribution >= 4 is 11.7 Å². The van der Waals surface area contributed by atoms with E-state index < -0.39 is 0 Å². The van der Waals surface area contributed by atoms with Gasteiger partial charge in [0.05, 0.1) is 18.2 Å². The molecule has 0 unspecified atom stereocenters. The van der Waals surface area contributed by atoms with Crippen molar-refractivity contribution in [3.63, 3.8) is 0 Å². The Morgan fingerprint density at radius 3 is 1.94 bits per heavy atom. The van der Waals surface area contributed by atoms with Gasteiger partial charge in [-0.1, -0.05) is 91.0 Å². The molecule has 0 atom stereocenters. The van der Waals surface area contributed by atoms with Gasteiger partial charge in [0.2, 0.25) is 5.91 Å². The van der Waals surface area contributed by atoms with E-state index in [1.807, 2.05) is 95.9 Å². The minimum atomic E-state index is -0.343. The van der Waals surface area contributed by atoms with Gasteiger partial charge in [-0.15, -0.1) is 0 Å². The number of fused-ring (bicyclic) bond motifs is 1. The van der Waals surface area contributed by atoms with E-state index >= 15 is 0 Å². The average molecular weight is 477 g/mol. The molecule has 0 radical (unpaired) electrons. The number of rotatable bonds is 6. The van der Waals surface area contributed by atoms with Crippen molar-refractivity contribution in [1.29, 1.82) is 0 Å². The van der Waals surface area contributed by atoms with E-state index in [1.165, 1.54) is 0 Å². The Morgan fingerprint density at radius 1 is 0.833 bits per heavy atom. The summed E-state index contributed by atoms with van der Waals surface area (Å²) in [6.45, 7) is 5.45. The second-order valence-corrected chi connectivity index (χ2v) is 9.63. The van der Waals surface area contributed by atoms with E-state index in [0.29, 0.717) is 19.5 Å². The van der Waals surface area contributed by atoms with E-state index in [4.69, 9.17) is 9.97 Å². The van der Waals surface area contributed by atoms with Crippen LogP contribution in [0.2, 0.25) is 0 Å². The second-order valence-electron chi connectivity index (χ2n) is 9.63. The predicted octanol–water partition coefficient (Wildman–Crippen LogP) is 5.71. The molecule has 5 nitrogen and oxygen atoms in total. The fourth-order valence-corrected chi connectivity index (χ4v) is 4.79. The first kappa shape index (κ1) is 23.7. The Morgan fingerprint density at radius 2 is 1.39 bits per heavy atom. The number of benzene rings is 3. The summed E-state index contributed by atoms with van der Waals surface area (Å²) in [6.07, 6.45) is 0.707. The van der Waals surface area contributed by atoms with Gasteiger partial charge in [0, 0.05) is 37.2 Å². The lowest BCUT2D eigenvalue weighted by molar-refractivity contribution is -0.132. The van der Waals surface area contributed by atoms with Crippen LogP contribution in [0.4, 0.5) is 5.82 Å². The molecule has 5 rings (SSSR count). The first-order valence-corrected chi connectivity index (χ1v) is 12.6. The second kappa shape index (κ2) is 10.3. The molecule has 4 aromatic rings. The Bertz CT molecular complexity index is 1280. The Kier molecular flexibility index (Phi) is 6.81. The van der Waals surface area contributed by atoms with Crippen LogP contribution in [0.1, 0.15) is 42.1 Å². The van der Waals surface area contributed by atoms with Gasteiger partial charge in [0.1, 0.15) is 5.82 Å². The van der Waals surface area contributed by atoms with Crippen molar-refractivity contribution in [1.82, 2.24) is 14.9 Å². The molecule has 0 saturated carbocycles. The molecule has 0 aliphatic carbocycles. The molecule has 0 fully saturated rings. The number of amides is 1. The summed E-state index contributed by atoms with van der Waals surface area (Å²) >= 11 is 0. The topological polar surface area (TPSA) is 49.3 Å². The third-order valence-electron chi connectivity index (χ3n) is 7.00. The van der Waals surface area contributed by atoms with Crippen LogP contribution < -0.4 is 4.90 Å². The quantitative estimate of drug-likeness (QED) is 0.358. The standard InChI is InChI=1S/C31H32N4O/c1-22(2)34(3)30-26-21-35(20-19-27(26)32-29(33-30)25-17-11-6-12-18-25)31(36)28(23-13-7-4-8-14-23)24-15-9-5-10-16-24/h4-18,22,28H,19-21H2,1-3H3. The van der Waals surface area contributed by atoms with Crippen molar-refractivity contribution < 1.29 is 4.79 Å². The summed E-state index contributed by atoms with van der Waals surface area (Å²) in [7, 11) is 2.07. The zero-order valence-corrected chi connectivity index (χ0v) is 21.1. The van der Waals surface area contributed by atoms with Crippen molar-refractivity contribution in [3.05, 3.63) is 113 Å². The molecule has 1 aliphatic rings. The maximum Gasteiger partial charge on any atom is 0.234 e. The highest BCUT2D eigenvalue weighted by Gasteiger charge is 2.32. The summed E-state index contributed by atoms with van der Waals surface area (Å²) in [5.41, 5.74) is 5.10. The third kappa shape index (κ3) is 4.74. The van der Waals surface area contributed by atoms with Crippen molar-refractivity contribution in [2.75, 3.05) is 18.5 Å². The Labute approximate surface area is 213 Å². The van der Waals surface area contributed by atoms with E-state index in [0.717, 1.165) is 39.6 Å². The number of carbonyl (C=O) groups excluding carboxylic acids is 1. The molecular weight excluding hydrogens is 444 g/mol. The first-order valence-electron chi connectivity index (χ1n) is 12.6. The smallest absolute Gasteiger partial charge is 0.234 e. The lowest BCUT2D eigenvalue weighted by atomic mass is 9.89. The van der Waals surface area contributed by atoms with Crippen LogP contribution in [0.3, 0.4) is 0 Å². The molecule has 0 N–H and O–H groups in total. The molecule has 36 heavy (non-hydrogen) atoms. The molecule has 1 amide bonds. The van der Waals surface area contributed by atoms with Gasteiger partial charge < -0.3 is 9.80 Å². The maximum absolute atomic E-state index is 14.1. The first-order chi connectivity index (χ1) is 17.5. The number of anilines is 1. The van der Waals surface area contributed by atoms with Crippen LogP contribution in [-0.4, -0.2) is 40.4 Å². The van der Waals surface area contributed by atoms with E-state index in [2.05, 4.69) is 25.8 Å². The van der Waals surface area contributed by atoms with Crippen molar-refractivity contribution in [2.24, 2.45) is 0 Å². The lowest BCUT2D eigenvalue weighted by Gasteiger charge is -2.35. The highest BCUT2D eigenvalue weighted by molar-refractivity contribution is 5.87. The van der Waals surface area contributed by atoms with Gasteiger partial charge >= 0.3 is 0 Å². The summed E-state index contributed by atoms with van der Waals surface area (Å²) in [4.78, 5) is 28.2. The van der Waals surface area contributed by atoms with Crippen LogP contribution in [0.5, 0.6) is 0 Å². The van der Waals surface area contributed by atoms with Gasteiger partial charge in [0.15, 0.2) is 5.82 Å². The number of hydrogen-bond donors (Lipinski definition) is 0. The van der Waals surface area contributed by atoms with Gasteiger partial charge in [-0.3, -0.25) is 4.79 Å². The average Bonchev–Trinajstić information content (AvgIpc) is 2.93. The molecule has 3 aromatic carbocycles. The van der Waals surface area contributed by atoms with Crippen LogP contribution >= 0.6 is 0 Å². The van der Waals surface area contributed by atoms with E-state index in [-0.39, 0.29) is 17.9 Å². The molecule has 0 saturated heterocycles. The Balaban J connectivity index is 1.53. The molecular formula is C31H32N4O. The monoisotopic (exact) mass is 476 g/mol. The fourth-order valence-electron chi connectivity index (χ4n) is 4.79. The number of hydrogen-bond acceptors (Lipinski definition) is 4.